The number of rotatable bonds is 4. The number of hydrogen-bond acceptors (Lipinski definition) is 3. The van der Waals surface area contributed by atoms with E-state index in [2.05, 4.69) is 19.2 Å². The van der Waals surface area contributed by atoms with Crippen LogP contribution in [0.25, 0.3) is 0 Å². The maximum absolute atomic E-state index is 12.6. The predicted octanol–water partition coefficient (Wildman–Crippen LogP) is 2.60. The number of halogens is 1. The molecule has 0 aromatic heterocycles. The molecule has 0 radical (unpaired) electrons. The van der Waals surface area contributed by atoms with Gasteiger partial charge in [0.15, 0.2) is 0 Å². The predicted molar refractivity (Wildman–Crippen MR) is 88.6 cm³/mol. The Morgan fingerprint density at radius 1 is 1.14 bits per heavy atom. The highest BCUT2D eigenvalue weighted by atomic mass is 35.5. The Bertz CT molecular complexity index is 535. The van der Waals surface area contributed by atoms with Gasteiger partial charge in [0, 0.05) is 19.1 Å². The van der Waals surface area contributed by atoms with Gasteiger partial charge in [0.25, 0.3) is 0 Å². The van der Waals surface area contributed by atoms with E-state index in [0.29, 0.717) is 29.9 Å². The van der Waals surface area contributed by atoms with Gasteiger partial charge < -0.3 is 5.32 Å². The van der Waals surface area contributed by atoms with Gasteiger partial charge in [-0.05, 0) is 43.5 Å². The van der Waals surface area contributed by atoms with Gasteiger partial charge in [-0.25, -0.2) is 8.42 Å². The minimum atomic E-state index is -3.33. The number of sulfonamides is 1. The van der Waals surface area contributed by atoms with Gasteiger partial charge in [0.1, 0.15) is 0 Å². The van der Waals surface area contributed by atoms with Crippen molar-refractivity contribution in [3.63, 3.8) is 0 Å². The quantitative estimate of drug-likeness (QED) is 0.922. The molecule has 6 heteroatoms. The fourth-order valence-electron chi connectivity index (χ4n) is 2.56. The van der Waals surface area contributed by atoms with Gasteiger partial charge in [-0.2, -0.15) is 4.31 Å². The Hall–Kier alpha value is -0.620. The lowest BCUT2D eigenvalue weighted by Gasteiger charge is -2.31. The molecule has 0 spiro atoms. The molecule has 1 aromatic rings. The van der Waals surface area contributed by atoms with E-state index < -0.39 is 10.0 Å². The lowest BCUT2D eigenvalue weighted by Crippen LogP contribution is -2.43. The van der Waals surface area contributed by atoms with Crippen molar-refractivity contribution in [3.05, 3.63) is 29.8 Å². The number of hydrogen-bond donors (Lipinski definition) is 1. The molecular weight excluding hydrogens is 308 g/mol. The van der Waals surface area contributed by atoms with E-state index >= 15 is 0 Å². The molecule has 1 aliphatic heterocycles. The molecule has 1 heterocycles. The van der Waals surface area contributed by atoms with Crippen LogP contribution in [0, 0.1) is 0 Å². The maximum Gasteiger partial charge on any atom is 0.243 e. The van der Waals surface area contributed by atoms with Gasteiger partial charge >= 0.3 is 0 Å². The van der Waals surface area contributed by atoms with E-state index in [0.717, 1.165) is 18.4 Å². The maximum atomic E-state index is 12.6. The largest absolute Gasteiger partial charge is 0.317 e. The topological polar surface area (TPSA) is 49.4 Å². The molecule has 4 nitrogen and oxygen atoms in total. The molecule has 1 fully saturated rings. The molecule has 21 heavy (non-hydrogen) atoms. The van der Waals surface area contributed by atoms with Gasteiger partial charge in [-0.1, -0.05) is 26.0 Å². The van der Waals surface area contributed by atoms with Crippen molar-refractivity contribution in [2.45, 2.75) is 43.5 Å². The summed E-state index contributed by atoms with van der Waals surface area (Å²) in [5, 5.41) is 3.21. The average molecular weight is 333 g/mol. The fraction of sp³-hybridized carbons (Fsp3) is 0.600. The summed E-state index contributed by atoms with van der Waals surface area (Å²) >= 11 is 0. The van der Waals surface area contributed by atoms with Crippen molar-refractivity contribution in [1.82, 2.24) is 9.62 Å². The lowest BCUT2D eigenvalue weighted by atomic mass is 10.0. The highest BCUT2D eigenvalue weighted by molar-refractivity contribution is 7.89. The summed E-state index contributed by atoms with van der Waals surface area (Å²) in [6.07, 6.45) is 1.75. The zero-order valence-corrected chi connectivity index (χ0v) is 14.5. The van der Waals surface area contributed by atoms with Crippen molar-refractivity contribution >= 4 is 22.4 Å². The Morgan fingerprint density at radius 2 is 1.67 bits per heavy atom. The molecule has 0 unspecified atom stereocenters. The summed E-state index contributed by atoms with van der Waals surface area (Å²) < 4.78 is 26.7. The summed E-state index contributed by atoms with van der Waals surface area (Å²) in [5.74, 6) is 0.415. The first-order chi connectivity index (χ1) is 9.45. The minimum absolute atomic E-state index is 0. The van der Waals surface area contributed by atoms with Crippen LogP contribution in [0.2, 0.25) is 0 Å². The second-order valence-corrected chi connectivity index (χ2v) is 7.63. The summed E-state index contributed by atoms with van der Waals surface area (Å²) in [4.78, 5) is 0.407. The van der Waals surface area contributed by atoms with E-state index in [1.165, 1.54) is 0 Å². The molecule has 0 aliphatic carbocycles. The molecule has 1 saturated heterocycles. The number of nitrogens with one attached hydrogen (secondary N) is 1. The van der Waals surface area contributed by atoms with E-state index in [9.17, 15) is 8.42 Å². The van der Waals surface area contributed by atoms with Gasteiger partial charge in [0.2, 0.25) is 10.0 Å². The van der Waals surface area contributed by atoms with Crippen molar-refractivity contribution in [2.75, 3.05) is 20.1 Å². The lowest BCUT2D eigenvalue weighted by molar-refractivity contribution is 0.298. The van der Waals surface area contributed by atoms with Crippen LogP contribution in [-0.2, 0) is 10.0 Å². The third kappa shape index (κ3) is 4.19. The van der Waals surface area contributed by atoms with Crippen LogP contribution in [-0.4, -0.2) is 38.9 Å². The third-order valence-corrected chi connectivity index (χ3v) is 5.96. The highest BCUT2D eigenvalue weighted by Crippen LogP contribution is 2.22. The Labute approximate surface area is 134 Å². The monoisotopic (exact) mass is 332 g/mol. The highest BCUT2D eigenvalue weighted by Gasteiger charge is 2.28. The molecule has 0 saturated carbocycles. The Balaban J connectivity index is 0.00000220. The number of benzene rings is 1. The van der Waals surface area contributed by atoms with Crippen LogP contribution in [0.15, 0.2) is 29.2 Å². The second kappa shape index (κ2) is 7.58. The van der Waals surface area contributed by atoms with Gasteiger partial charge in [-0.15, -0.1) is 12.4 Å². The third-order valence-electron chi connectivity index (χ3n) is 4.05. The summed E-state index contributed by atoms with van der Waals surface area (Å²) in [6.45, 7) is 5.40. The first-order valence-corrected chi connectivity index (χ1v) is 8.66. The molecule has 120 valence electrons. The molecule has 2 rings (SSSR count). The van der Waals surface area contributed by atoms with Crippen molar-refractivity contribution < 1.29 is 8.42 Å². The van der Waals surface area contributed by atoms with Crippen LogP contribution >= 0.6 is 12.4 Å². The average Bonchev–Trinajstić information content (AvgIpc) is 2.47. The normalized spacial score (nSPS) is 17.7. The van der Waals surface area contributed by atoms with Crippen molar-refractivity contribution in [1.29, 1.82) is 0 Å². The molecule has 0 atom stereocenters. The van der Waals surface area contributed by atoms with Crippen LogP contribution in [0.5, 0.6) is 0 Å². The summed E-state index contributed by atoms with van der Waals surface area (Å²) in [6, 6.07) is 7.73. The van der Waals surface area contributed by atoms with Crippen molar-refractivity contribution in [3.8, 4) is 0 Å². The molecule has 0 bridgehead atoms. The summed E-state index contributed by atoms with van der Waals surface area (Å²) in [7, 11) is -1.40. The van der Waals surface area contributed by atoms with Crippen LogP contribution in [0.3, 0.4) is 0 Å². The second-order valence-electron chi connectivity index (χ2n) is 5.69. The molecule has 1 N–H and O–H groups in total. The smallest absolute Gasteiger partial charge is 0.243 e. The molecule has 0 amide bonds. The van der Waals surface area contributed by atoms with E-state index in [4.69, 9.17) is 0 Å². The van der Waals surface area contributed by atoms with Crippen LogP contribution in [0.1, 0.15) is 38.2 Å². The first-order valence-electron chi connectivity index (χ1n) is 7.22. The standard InChI is InChI=1S/C15H24N2O2S.ClH/c1-12(2)13-4-6-15(7-5-13)20(18,19)17-10-8-14(16-3)9-11-17;/h4-7,12,14,16H,8-11H2,1-3H3;1H. The summed E-state index contributed by atoms with van der Waals surface area (Å²) in [5.41, 5.74) is 1.16. The number of piperidine rings is 1. The SMILES string of the molecule is CNC1CCN(S(=O)(=O)c2ccc(C(C)C)cc2)CC1.Cl. The Morgan fingerprint density at radius 3 is 2.10 bits per heavy atom. The van der Waals surface area contributed by atoms with E-state index in [1.54, 1.807) is 16.4 Å². The molecule has 1 aromatic carbocycles. The zero-order chi connectivity index (χ0) is 14.8. The minimum Gasteiger partial charge on any atom is -0.317 e. The van der Waals surface area contributed by atoms with E-state index in [1.807, 2.05) is 19.2 Å². The van der Waals surface area contributed by atoms with Gasteiger partial charge in [0.05, 0.1) is 4.90 Å². The van der Waals surface area contributed by atoms with Crippen LogP contribution < -0.4 is 5.32 Å². The van der Waals surface area contributed by atoms with Crippen LogP contribution in [0.4, 0.5) is 0 Å². The zero-order valence-electron chi connectivity index (χ0n) is 12.9. The van der Waals surface area contributed by atoms with E-state index in [-0.39, 0.29) is 12.4 Å². The van der Waals surface area contributed by atoms with Gasteiger partial charge in [-0.3, -0.25) is 0 Å². The fourth-order valence-corrected chi connectivity index (χ4v) is 4.03. The molecular formula is C15H25ClN2O2S. The first kappa shape index (κ1) is 18.4. The Kier molecular flexibility index (Phi) is 6.66. The van der Waals surface area contributed by atoms with Crippen molar-refractivity contribution in [2.24, 2.45) is 0 Å². The molecule has 1 aliphatic rings. The number of nitrogens with zero attached hydrogens (tertiary/aromatic N) is 1.